The van der Waals surface area contributed by atoms with E-state index in [0.29, 0.717) is 17.3 Å². The van der Waals surface area contributed by atoms with Crippen LogP contribution >= 0.6 is 0 Å². The van der Waals surface area contributed by atoms with Crippen LogP contribution in [0.15, 0.2) is 97.7 Å². The summed E-state index contributed by atoms with van der Waals surface area (Å²) >= 11 is 0. The first-order valence-electron chi connectivity index (χ1n) is 15.5. The van der Waals surface area contributed by atoms with Crippen LogP contribution < -0.4 is 15.5 Å². The van der Waals surface area contributed by atoms with Crippen molar-refractivity contribution in [1.29, 1.82) is 0 Å². The number of carbonyl (C=O) groups is 1. The zero-order chi connectivity index (χ0) is 31.5. The molecule has 1 aliphatic heterocycles. The van der Waals surface area contributed by atoms with Crippen molar-refractivity contribution in [3.8, 4) is 22.6 Å². The number of aryl methyl sites for hydroxylation is 1. The molecule has 2 N–H and O–H groups in total. The Hall–Kier alpha value is -5.55. The third-order valence-electron chi connectivity index (χ3n) is 8.26. The molecule has 11 heteroatoms. The molecular weight excluding hydrogens is 576 g/mol. The molecule has 1 saturated heterocycles. The first-order valence-corrected chi connectivity index (χ1v) is 15.5. The molecule has 1 aliphatic rings. The predicted octanol–water partition coefficient (Wildman–Crippen LogP) is 5.26. The van der Waals surface area contributed by atoms with Gasteiger partial charge in [0.1, 0.15) is 5.65 Å². The van der Waals surface area contributed by atoms with Crippen LogP contribution in [0.1, 0.15) is 12.6 Å². The van der Waals surface area contributed by atoms with Crippen molar-refractivity contribution in [2.75, 3.05) is 48.3 Å². The van der Waals surface area contributed by atoms with Crippen LogP contribution in [0, 0.1) is 0 Å². The second kappa shape index (κ2) is 12.8. The fourth-order valence-electron chi connectivity index (χ4n) is 5.87. The van der Waals surface area contributed by atoms with Crippen molar-refractivity contribution in [2.45, 2.75) is 13.3 Å². The summed E-state index contributed by atoms with van der Waals surface area (Å²) in [6.07, 6.45) is 7.46. The fraction of sp³-hybridized carbons (Fsp3) is 0.229. The summed E-state index contributed by atoms with van der Waals surface area (Å²) in [5.41, 5.74) is 7.50. The highest BCUT2D eigenvalue weighted by atomic mass is 16.1. The Morgan fingerprint density at radius 2 is 1.74 bits per heavy atom. The number of aromatic nitrogens is 6. The highest BCUT2D eigenvalue weighted by Gasteiger charge is 2.19. The highest BCUT2D eigenvalue weighted by Crippen LogP contribution is 2.33. The molecule has 232 valence electrons. The highest BCUT2D eigenvalue weighted by molar-refractivity contribution is 5.93. The molecule has 6 aromatic rings. The molecule has 11 nitrogen and oxygen atoms in total. The van der Waals surface area contributed by atoms with Gasteiger partial charge in [0, 0.05) is 74.4 Å². The smallest absolute Gasteiger partial charge is 0.230 e. The third-order valence-corrected chi connectivity index (χ3v) is 8.26. The van der Waals surface area contributed by atoms with Crippen LogP contribution in [0.3, 0.4) is 0 Å². The number of hydrogen-bond acceptors (Lipinski definition) is 8. The lowest BCUT2D eigenvalue weighted by Crippen LogP contribution is -2.46. The number of nitrogens with one attached hydrogen (secondary N) is 2. The van der Waals surface area contributed by atoms with Gasteiger partial charge >= 0.3 is 0 Å². The van der Waals surface area contributed by atoms with Crippen LogP contribution in [0.25, 0.3) is 28.3 Å². The molecule has 1 amide bonds. The second-order valence-electron chi connectivity index (χ2n) is 11.4. The molecule has 5 heterocycles. The monoisotopic (exact) mass is 612 g/mol. The molecule has 0 atom stereocenters. The van der Waals surface area contributed by atoms with E-state index >= 15 is 0 Å². The Morgan fingerprint density at radius 1 is 0.891 bits per heavy atom. The maximum atomic E-state index is 12.8. The first-order chi connectivity index (χ1) is 22.5. The fourth-order valence-corrected chi connectivity index (χ4v) is 5.87. The van der Waals surface area contributed by atoms with Crippen molar-refractivity contribution in [3.63, 3.8) is 0 Å². The molecule has 4 aromatic heterocycles. The topological polar surface area (TPSA) is 109 Å². The van der Waals surface area contributed by atoms with Gasteiger partial charge in [-0.3, -0.25) is 9.20 Å². The zero-order valence-corrected chi connectivity index (χ0v) is 26.0. The summed E-state index contributed by atoms with van der Waals surface area (Å²) in [7, 11) is 1.88. The van der Waals surface area contributed by atoms with Gasteiger partial charge in [0.2, 0.25) is 11.9 Å². The summed E-state index contributed by atoms with van der Waals surface area (Å²) < 4.78 is 3.86. The molecule has 0 unspecified atom stereocenters. The Balaban J connectivity index is 1.14. The molecule has 2 aromatic carbocycles. The molecule has 0 spiro atoms. The van der Waals surface area contributed by atoms with E-state index in [4.69, 9.17) is 9.97 Å². The lowest BCUT2D eigenvalue weighted by Gasteiger charge is -2.35. The van der Waals surface area contributed by atoms with Crippen LogP contribution in [0.2, 0.25) is 0 Å². The maximum Gasteiger partial charge on any atom is 0.230 e. The summed E-state index contributed by atoms with van der Waals surface area (Å²) in [6, 6.07) is 24.0. The predicted molar refractivity (Wildman–Crippen MR) is 181 cm³/mol. The van der Waals surface area contributed by atoms with Gasteiger partial charge in [0.05, 0.1) is 35.5 Å². The molecule has 0 aliphatic carbocycles. The van der Waals surface area contributed by atoms with Crippen molar-refractivity contribution < 1.29 is 4.79 Å². The minimum absolute atomic E-state index is 0.135. The Morgan fingerprint density at radius 3 is 2.52 bits per heavy atom. The van der Waals surface area contributed by atoms with Gasteiger partial charge in [0.15, 0.2) is 0 Å². The van der Waals surface area contributed by atoms with Gasteiger partial charge in [-0.15, -0.1) is 0 Å². The van der Waals surface area contributed by atoms with E-state index in [1.807, 2.05) is 76.9 Å². The number of rotatable bonds is 9. The molecule has 7 rings (SSSR count). The number of pyridine rings is 1. The van der Waals surface area contributed by atoms with Crippen LogP contribution in [0.5, 0.6) is 0 Å². The number of hydrogen-bond donors (Lipinski definition) is 2. The minimum Gasteiger partial charge on any atom is -0.369 e. The van der Waals surface area contributed by atoms with Crippen LogP contribution in [-0.4, -0.2) is 72.4 Å². The molecule has 46 heavy (non-hydrogen) atoms. The number of nitrogens with zero attached hydrogens (tertiary/aromatic N) is 8. The normalized spacial score (nSPS) is 13.7. The molecule has 0 bridgehead atoms. The van der Waals surface area contributed by atoms with Crippen molar-refractivity contribution >= 4 is 34.6 Å². The second-order valence-corrected chi connectivity index (χ2v) is 11.4. The minimum atomic E-state index is -0.135. The van der Waals surface area contributed by atoms with Crippen molar-refractivity contribution in [1.82, 2.24) is 33.8 Å². The van der Waals surface area contributed by atoms with Gasteiger partial charge < -0.3 is 25.0 Å². The maximum absolute atomic E-state index is 12.8. The van der Waals surface area contributed by atoms with Crippen molar-refractivity contribution in [3.05, 3.63) is 103 Å². The summed E-state index contributed by atoms with van der Waals surface area (Å²) in [6.45, 7) is 7.57. The van der Waals surface area contributed by atoms with E-state index < -0.39 is 0 Å². The number of likely N-dealkylation sites (N-methyl/N-ethyl adjacent to an activating group) is 1. The van der Waals surface area contributed by atoms with Gasteiger partial charge in [-0.05, 0) is 61.1 Å². The summed E-state index contributed by atoms with van der Waals surface area (Å²) in [4.78, 5) is 36.4. The summed E-state index contributed by atoms with van der Waals surface area (Å²) in [5.74, 6) is 0.360. The average Bonchev–Trinajstić information content (AvgIpc) is 3.68. The van der Waals surface area contributed by atoms with E-state index in [0.717, 1.165) is 66.7 Å². The number of fused-ring (bicyclic) bond motifs is 1. The van der Waals surface area contributed by atoms with Gasteiger partial charge in [-0.1, -0.05) is 25.1 Å². The largest absolute Gasteiger partial charge is 0.369 e. The number of anilines is 4. The SMILES string of the molecule is CCN1CCN(c2ccc(Nc3nccc(-c4c(-c5cccc(NC(=O)Cc6cn(C)cn6)c5)nc5ccccn45)n3)cc2)CC1. The quantitative estimate of drug-likeness (QED) is 0.228. The molecule has 0 radical (unpaired) electrons. The number of carbonyl (C=O) groups excluding carboxylic acids is 1. The van der Waals surface area contributed by atoms with E-state index in [2.05, 4.69) is 61.6 Å². The van der Waals surface area contributed by atoms with E-state index in [1.54, 1.807) is 12.5 Å². The number of imidazole rings is 2. The lowest BCUT2D eigenvalue weighted by atomic mass is 10.1. The van der Waals surface area contributed by atoms with Crippen molar-refractivity contribution in [2.24, 2.45) is 7.05 Å². The van der Waals surface area contributed by atoms with E-state index in [-0.39, 0.29) is 12.3 Å². The standard InChI is InChI=1S/C35H36N10O/c1-3-43-17-19-44(20-18-43)29-12-10-26(11-13-29)39-35-36-15-14-30(40-35)34-33(41-31-9-4-5-16-45(31)34)25-7-6-8-27(21-25)38-32(46)22-28-23-42(2)24-37-28/h4-16,21,23-24H,3,17-20,22H2,1-2H3,(H,38,46)(H,36,39,40). The third kappa shape index (κ3) is 6.31. The van der Waals surface area contributed by atoms with Gasteiger partial charge in [0.25, 0.3) is 0 Å². The zero-order valence-electron chi connectivity index (χ0n) is 26.0. The average molecular weight is 613 g/mol. The molecule has 0 saturated carbocycles. The Kier molecular flexibility index (Phi) is 8.13. The number of amides is 1. The number of benzene rings is 2. The van der Waals surface area contributed by atoms with Gasteiger partial charge in [-0.25, -0.2) is 19.9 Å². The van der Waals surface area contributed by atoms with E-state index in [9.17, 15) is 4.79 Å². The molecule has 1 fully saturated rings. The molecular formula is C35H36N10O. The lowest BCUT2D eigenvalue weighted by molar-refractivity contribution is -0.115. The first kappa shape index (κ1) is 29.2. The van der Waals surface area contributed by atoms with Gasteiger partial charge in [-0.2, -0.15) is 0 Å². The van der Waals surface area contributed by atoms with E-state index in [1.165, 1.54) is 5.69 Å². The Bertz CT molecular complexity index is 1970. The Labute approximate surface area is 267 Å². The summed E-state index contributed by atoms with van der Waals surface area (Å²) in [5, 5.41) is 6.38. The number of piperazine rings is 1. The van der Waals surface area contributed by atoms with Crippen LogP contribution in [-0.2, 0) is 18.3 Å². The van der Waals surface area contributed by atoms with Crippen LogP contribution in [0.4, 0.5) is 23.0 Å².